The van der Waals surface area contributed by atoms with Crippen molar-refractivity contribution in [3.8, 4) is 23.1 Å². The first-order valence-electron chi connectivity index (χ1n) is 11.8. The van der Waals surface area contributed by atoms with Gasteiger partial charge >= 0.3 is 6.09 Å². The van der Waals surface area contributed by atoms with E-state index in [9.17, 15) is 10.1 Å². The SMILES string of the molecule is CC(C)(C)OC(=O)N1CCC(n2cc(-c3cnc(-n4ccc5cc(C#N)c(Cl)cc54)nc3)cn2)CC1. The Kier molecular flexibility index (Phi) is 6.14. The van der Waals surface area contributed by atoms with Crippen molar-refractivity contribution < 1.29 is 9.53 Å². The summed E-state index contributed by atoms with van der Waals surface area (Å²) in [6.45, 7) is 6.90. The number of hydrogen-bond acceptors (Lipinski definition) is 6. The molecule has 0 atom stereocenters. The van der Waals surface area contributed by atoms with Crippen molar-refractivity contribution in [3.05, 3.63) is 59.8 Å². The van der Waals surface area contributed by atoms with Crippen LogP contribution in [-0.2, 0) is 4.74 Å². The molecule has 36 heavy (non-hydrogen) atoms. The highest BCUT2D eigenvalue weighted by atomic mass is 35.5. The first-order valence-corrected chi connectivity index (χ1v) is 12.2. The molecule has 1 saturated heterocycles. The highest BCUT2D eigenvalue weighted by Crippen LogP contribution is 2.28. The van der Waals surface area contributed by atoms with E-state index >= 15 is 0 Å². The maximum Gasteiger partial charge on any atom is 0.410 e. The van der Waals surface area contributed by atoms with Gasteiger partial charge in [-0.1, -0.05) is 11.6 Å². The maximum atomic E-state index is 12.3. The molecule has 3 aromatic heterocycles. The average Bonchev–Trinajstić information content (AvgIpc) is 3.50. The number of hydrogen-bond donors (Lipinski definition) is 0. The zero-order valence-corrected chi connectivity index (χ0v) is 21.1. The molecule has 5 rings (SSSR count). The molecule has 1 fully saturated rings. The predicted octanol–water partition coefficient (Wildman–Crippen LogP) is 5.38. The number of rotatable bonds is 3. The number of nitrogens with zero attached hydrogens (tertiary/aromatic N) is 7. The number of benzene rings is 1. The molecule has 0 radical (unpaired) electrons. The van der Waals surface area contributed by atoms with E-state index < -0.39 is 5.60 Å². The number of halogens is 1. The summed E-state index contributed by atoms with van der Waals surface area (Å²) < 4.78 is 9.29. The van der Waals surface area contributed by atoms with Crippen molar-refractivity contribution in [2.75, 3.05) is 13.1 Å². The van der Waals surface area contributed by atoms with Gasteiger partial charge in [0.2, 0.25) is 5.95 Å². The lowest BCUT2D eigenvalue weighted by Crippen LogP contribution is -2.42. The summed E-state index contributed by atoms with van der Waals surface area (Å²) in [5, 5.41) is 15.1. The molecule has 184 valence electrons. The molecule has 9 nitrogen and oxygen atoms in total. The number of nitriles is 1. The minimum absolute atomic E-state index is 0.215. The summed E-state index contributed by atoms with van der Waals surface area (Å²) in [6, 6.07) is 7.73. The standard InChI is InChI=1S/C26H26ClN7O2/c1-26(2,3)36-25(35)32-7-5-21(6-8-32)34-16-20(15-31-34)19-13-29-24(30-14-19)33-9-4-17-10-18(12-28)22(27)11-23(17)33/h4,9-11,13-16,21H,5-8H2,1-3H3. The Morgan fingerprint density at radius 2 is 1.86 bits per heavy atom. The van der Waals surface area contributed by atoms with E-state index in [2.05, 4.69) is 21.1 Å². The second-order valence-corrected chi connectivity index (χ2v) is 10.3. The van der Waals surface area contributed by atoms with Gasteiger partial charge in [-0.25, -0.2) is 14.8 Å². The molecule has 1 aliphatic heterocycles. The Morgan fingerprint density at radius 3 is 2.53 bits per heavy atom. The Hall–Kier alpha value is -3.90. The summed E-state index contributed by atoms with van der Waals surface area (Å²) in [5.74, 6) is 0.511. The third-order valence-electron chi connectivity index (χ3n) is 6.18. The van der Waals surface area contributed by atoms with Crippen LogP contribution in [0.15, 0.2) is 49.2 Å². The molecular weight excluding hydrogens is 478 g/mol. The minimum Gasteiger partial charge on any atom is -0.444 e. The molecule has 0 saturated carbocycles. The monoisotopic (exact) mass is 503 g/mol. The summed E-state index contributed by atoms with van der Waals surface area (Å²) in [5.41, 5.74) is 2.56. The summed E-state index contributed by atoms with van der Waals surface area (Å²) in [4.78, 5) is 23.2. The number of fused-ring (bicyclic) bond motifs is 1. The third kappa shape index (κ3) is 4.77. The molecule has 0 bridgehead atoms. The van der Waals surface area contributed by atoms with Crippen LogP contribution in [0.2, 0.25) is 5.02 Å². The Balaban J connectivity index is 1.28. The van der Waals surface area contributed by atoms with E-state index in [1.54, 1.807) is 29.4 Å². The van der Waals surface area contributed by atoms with Gasteiger partial charge in [0.1, 0.15) is 11.7 Å². The molecular formula is C26H26ClN7O2. The van der Waals surface area contributed by atoms with E-state index in [0.717, 1.165) is 34.9 Å². The predicted molar refractivity (Wildman–Crippen MR) is 136 cm³/mol. The largest absolute Gasteiger partial charge is 0.444 e. The van der Waals surface area contributed by atoms with E-state index in [1.807, 2.05) is 54.7 Å². The van der Waals surface area contributed by atoms with Crippen molar-refractivity contribution in [1.82, 2.24) is 29.2 Å². The zero-order chi connectivity index (χ0) is 25.4. The van der Waals surface area contributed by atoms with Crippen molar-refractivity contribution in [2.24, 2.45) is 0 Å². The molecule has 1 amide bonds. The zero-order valence-electron chi connectivity index (χ0n) is 20.3. The molecule has 0 N–H and O–H groups in total. The smallest absolute Gasteiger partial charge is 0.410 e. The molecule has 0 aliphatic carbocycles. The van der Waals surface area contributed by atoms with Crippen LogP contribution >= 0.6 is 11.6 Å². The number of ether oxygens (including phenoxy) is 1. The molecule has 0 spiro atoms. The van der Waals surface area contributed by atoms with Crippen LogP contribution in [0.1, 0.15) is 45.2 Å². The van der Waals surface area contributed by atoms with Crippen LogP contribution in [-0.4, -0.2) is 54.0 Å². The Bertz CT molecular complexity index is 1450. The van der Waals surface area contributed by atoms with E-state index in [0.29, 0.717) is 29.6 Å². The molecule has 4 aromatic rings. The van der Waals surface area contributed by atoms with Crippen LogP contribution in [0, 0.1) is 11.3 Å². The van der Waals surface area contributed by atoms with Gasteiger partial charge in [-0.15, -0.1) is 0 Å². The molecule has 1 aliphatic rings. The maximum absolute atomic E-state index is 12.3. The number of carbonyl (C=O) groups excluding carboxylic acids is 1. The van der Waals surface area contributed by atoms with Gasteiger partial charge in [-0.2, -0.15) is 10.4 Å². The number of piperidine rings is 1. The second kappa shape index (κ2) is 9.28. The van der Waals surface area contributed by atoms with Crippen LogP contribution in [0.3, 0.4) is 0 Å². The van der Waals surface area contributed by atoms with Crippen molar-refractivity contribution in [1.29, 1.82) is 5.26 Å². The lowest BCUT2D eigenvalue weighted by molar-refractivity contribution is 0.0185. The fourth-order valence-corrected chi connectivity index (χ4v) is 4.54. The van der Waals surface area contributed by atoms with Crippen LogP contribution in [0.5, 0.6) is 0 Å². The van der Waals surface area contributed by atoms with Crippen LogP contribution < -0.4 is 0 Å². The summed E-state index contributed by atoms with van der Waals surface area (Å²) in [7, 11) is 0. The van der Waals surface area contributed by atoms with Crippen molar-refractivity contribution in [2.45, 2.75) is 45.3 Å². The van der Waals surface area contributed by atoms with Gasteiger partial charge in [0.15, 0.2) is 0 Å². The van der Waals surface area contributed by atoms with Gasteiger partial charge in [0.25, 0.3) is 0 Å². The van der Waals surface area contributed by atoms with Crippen LogP contribution in [0.25, 0.3) is 28.0 Å². The number of aromatic nitrogens is 5. The van der Waals surface area contributed by atoms with E-state index in [4.69, 9.17) is 16.3 Å². The van der Waals surface area contributed by atoms with Gasteiger partial charge in [0.05, 0.1) is 28.3 Å². The fraction of sp³-hybridized carbons (Fsp3) is 0.346. The van der Waals surface area contributed by atoms with E-state index in [1.165, 1.54) is 0 Å². The Morgan fingerprint density at radius 1 is 1.14 bits per heavy atom. The highest BCUT2D eigenvalue weighted by Gasteiger charge is 2.28. The van der Waals surface area contributed by atoms with Gasteiger partial charge in [-0.05, 0) is 51.8 Å². The molecule has 10 heteroatoms. The third-order valence-corrected chi connectivity index (χ3v) is 6.49. The lowest BCUT2D eigenvalue weighted by Gasteiger charge is -2.33. The van der Waals surface area contributed by atoms with Gasteiger partial charge in [-0.3, -0.25) is 9.25 Å². The molecule has 4 heterocycles. The minimum atomic E-state index is -0.495. The number of amides is 1. The first kappa shape index (κ1) is 23.8. The topological polar surface area (TPSA) is 102 Å². The molecule has 0 unspecified atom stereocenters. The average molecular weight is 504 g/mol. The fourth-order valence-electron chi connectivity index (χ4n) is 4.34. The quantitative estimate of drug-likeness (QED) is 0.372. The van der Waals surface area contributed by atoms with Gasteiger partial charge < -0.3 is 9.64 Å². The van der Waals surface area contributed by atoms with E-state index in [-0.39, 0.29) is 12.1 Å². The first-order chi connectivity index (χ1) is 17.2. The second-order valence-electron chi connectivity index (χ2n) is 9.87. The van der Waals surface area contributed by atoms with Gasteiger partial charge in [0, 0.05) is 54.4 Å². The normalized spacial score (nSPS) is 14.7. The lowest BCUT2D eigenvalue weighted by atomic mass is 10.1. The van der Waals surface area contributed by atoms with Crippen molar-refractivity contribution in [3.63, 3.8) is 0 Å². The molecule has 1 aromatic carbocycles. The summed E-state index contributed by atoms with van der Waals surface area (Å²) in [6.07, 6.45) is 10.6. The highest BCUT2D eigenvalue weighted by molar-refractivity contribution is 6.32. The van der Waals surface area contributed by atoms with Crippen molar-refractivity contribution >= 4 is 28.6 Å². The van der Waals surface area contributed by atoms with Crippen LogP contribution in [0.4, 0.5) is 4.79 Å². The Labute approximate surface area is 213 Å². The number of carbonyl (C=O) groups is 1. The summed E-state index contributed by atoms with van der Waals surface area (Å²) >= 11 is 6.23. The number of likely N-dealkylation sites (tertiary alicyclic amines) is 1.